The Morgan fingerprint density at radius 3 is 2.21 bits per heavy atom. The van der Waals surface area contributed by atoms with Crippen molar-refractivity contribution in [2.75, 3.05) is 20.8 Å². The van der Waals surface area contributed by atoms with E-state index < -0.39 is 29.8 Å². The van der Waals surface area contributed by atoms with E-state index >= 15 is 0 Å². The molecule has 0 aliphatic heterocycles. The minimum absolute atomic E-state index is 0.181. The van der Waals surface area contributed by atoms with E-state index in [0.29, 0.717) is 6.04 Å². The summed E-state index contributed by atoms with van der Waals surface area (Å²) in [6, 6.07) is 0.428. The summed E-state index contributed by atoms with van der Waals surface area (Å²) in [5.41, 5.74) is 0. The van der Waals surface area contributed by atoms with Gasteiger partial charge in [0, 0.05) is 20.8 Å². The smallest absolute Gasteiger partial charge is 0.398 e. The topological polar surface area (TPSA) is 102 Å². The molecule has 0 spiro atoms. The Morgan fingerprint density at radius 2 is 1.84 bits per heavy atom. The van der Waals surface area contributed by atoms with Crippen molar-refractivity contribution in [3.05, 3.63) is 0 Å². The molecule has 0 aromatic rings. The molecule has 19 heavy (non-hydrogen) atoms. The van der Waals surface area contributed by atoms with Gasteiger partial charge in [0.2, 0.25) is 0 Å². The minimum atomic E-state index is -5.76. The zero-order chi connectivity index (χ0) is 15.3. The lowest BCUT2D eigenvalue weighted by Crippen LogP contribution is -2.46. The van der Waals surface area contributed by atoms with Crippen LogP contribution >= 0.6 is 0 Å². The van der Waals surface area contributed by atoms with Gasteiger partial charge in [0.05, 0.1) is 0 Å². The maximum Gasteiger partial charge on any atom is 0.446 e. The van der Waals surface area contributed by atoms with Gasteiger partial charge in [0.1, 0.15) is 0 Å². The minimum Gasteiger partial charge on any atom is -0.398 e. The van der Waals surface area contributed by atoms with Crippen molar-refractivity contribution in [2.24, 2.45) is 0 Å². The third kappa shape index (κ3) is 5.10. The van der Waals surface area contributed by atoms with Gasteiger partial charge in [-0.25, -0.2) is 0 Å². The number of amides is 1. The summed E-state index contributed by atoms with van der Waals surface area (Å²) < 4.78 is 64.7. The average molecular weight is 321 g/mol. The van der Waals surface area contributed by atoms with Crippen molar-refractivity contribution in [1.29, 1.82) is 0 Å². The number of alkyl halides is 2. The largest absolute Gasteiger partial charge is 0.446 e. The molecule has 0 atom stereocenters. The second-order valence-corrected chi connectivity index (χ2v) is 8.94. The first-order chi connectivity index (χ1) is 8.50. The first-order valence-corrected chi connectivity index (χ1v) is 9.20. The Bertz CT molecular complexity index is 411. The van der Waals surface area contributed by atoms with Crippen molar-refractivity contribution >= 4 is 24.6 Å². The molecule has 2 N–H and O–H groups in total. The highest BCUT2D eigenvalue weighted by Crippen LogP contribution is 2.20. The molecule has 0 rings (SSSR count). The lowest BCUT2D eigenvalue weighted by molar-refractivity contribution is -0.136. The molecule has 7 nitrogen and oxygen atoms in total. The maximum absolute atomic E-state index is 12.8. The first-order valence-electron chi connectivity index (χ1n) is 5.23. The fraction of sp³-hybridized carbons (Fsp3) is 0.875. The molecule has 0 radical (unpaired) electrons. The van der Waals surface area contributed by atoms with Crippen LogP contribution in [-0.4, -0.2) is 53.5 Å². The third-order valence-corrected chi connectivity index (χ3v) is 6.37. The van der Waals surface area contributed by atoms with Gasteiger partial charge in [-0.05, 0) is 19.0 Å². The molecule has 0 heterocycles. The Kier molecular flexibility index (Phi) is 6.48. The number of rotatable bonds is 8. The van der Waals surface area contributed by atoms with Crippen LogP contribution in [-0.2, 0) is 23.8 Å². The zero-order valence-corrected chi connectivity index (χ0v) is 12.6. The number of carbonyl (C=O) groups excluding carboxylic acids is 1. The lowest BCUT2D eigenvalue weighted by atomic mass is 10.4. The second-order valence-electron chi connectivity index (χ2n) is 3.89. The van der Waals surface area contributed by atoms with E-state index in [2.05, 4.69) is 0 Å². The van der Waals surface area contributed by atoms with Crippen molar-refractivity contribution in [3.8, 4) is 0 Å². The zero-order valence-electron chi connectivity index (χ0n) is 10.8. The van der Waals surface area contributed by atoms with Crippen molar-refractivity contribution < 1.29 is 35.4 Å². The van der Waals surface area contributed by atoms with E-state index in [0.717, 1.165) is 0 Å². The van der Waals surface area contributed by atoms with Crippen LogP contribution in [0.25, 0.3) is 0 Å². The molecular formula is C8H17F2NO6SSi. The van der Waals surface area contributed by atoms with E-state index in [1.54, 1.807) is 11.9 Å². The molecule has 0 bridgehead atoms. The Labute approximate surface area is 111 Å². The Balaban J connectivity index is 4.28. The van der Waals surface area contributed by atoms with Gasteiger partial charge >= 0.3 is 29.8 Å². The Hall–Kier alpha value is -0.623. The molecule has 11 heteroatoms. The van der Waals surface area contributed by atoms with Crippen LogP contribution in [0.5, 0.6) is 0 Å². The molecule has 0 aliphatic rings. The van der Waals surface area contributed by atoms with Gasteiger partial charge in [-0.15, -0.1) is 0 Å². The highest BCUT2D eigenvalue weighted by Gasteiger charge is 2.52. The van der Waals surface area contributed by atoms with Crippen LogP contribution < -0.4 is 5.32 Å². The van der Waals surface area contributed by atoms with Crippen molar-refractivity contribution in [2.45, 2.75) is 24.3 Å². The van der Waals surface area contributed by atoms with E-state index in [1.165, 1.54) is 14.2 Å². The van der Waals surface area contributed by atoms with Crippen LogP contribution in [0.4, 0.5) is 8.78 Å². The number of halogens is 2. The SMILES string of the molecule is CO[Si](C)(CCCNC(=O)C(F)(F)S(=O)(=O)O)OC. The standard InChI is InChI=1S/C8H17F2NO6SSi/c1-16-19(3,17-2)6-4-5-11-7(12)8(9,10)18(13,14)15/h4-6H2,1-3H3,(H,11,12)(H,13,14,15). The summed E-state index contributed by atoms with van der Waals surface area (Å²) in [6.45, 7) is 1.57. The van der Waals surface area contributed by atoms with Gasteiger partial charge in [0.25, 0.3) is 0 Å². The monoisotopic (exact) mass is 321 g/mol. The fourth-order valence-electron chi connectivity index (χ4n) is 1.12. The molecule has 0 fully saturated rings. The molecule has 0 aromatic heterocycles. The van der Waals surface area contributed by atoms with Crippen molar-refractivity contribution in [1.82, 2.24) is 5.32 Å². The average Bonchev–Trinajstić information content (AvgIpc) is 2.32. The first kappa shape index (κ1) is 18.4. The highest BCUT2D eigenvalue weighted by atomic mass is 32.2. The Morgan fingerprint density at radius 1 is 1.37 bits per heavy atom. The predicted octanol–water partition coefficient (Wildman–Crippen LogP) is 0.338. The summed E-state index contributed by atoms with van der Waals surface area (Å²) in [5, 5.41) is -3.12. The van der Waals surface area contributed by atoms with Crippen molar-refractivity contribution in [3.63, 3.8) is 0 Å². The normalized spacial score (nSPS) is 13.4. The van der Waals surface area contributed by atoms with Crippen LogP contribution in [0.1, 0.15) is 6.42 Å². The maximum atomic E-state index is 12.8. The van der Waals surface area contributed by atoms with E-state index in [1.807, 2.05) is 0 Å². The molecular weight excluding hydrogens is 304 g/mol. The molecule has 0 unspecified atom stereocenters. The fourth-order valence-corrected chi connectivity index (χ4v) is 2.82. The number of nitrogens with one attached hydrogen (secondary N) is 1. The van der Waals surface area contributed by atoms with Crippen LogP contribution in [0, 0.1) is 0 Å². The van der Waals surface area contributed by atoms with Crippen LogP contribution in [0.2, 0.25) is 12.6 Å². The molecule has 0 saturated carbocycles. The summed E-state index contributed by atoms with van der Waals surface area (Å²) in [6.07, 6.45) is 0.275. The number of carbonyl (C=O) groups is 1. The summed E-state index contributed by atoms with van der Waals surface area (Å²) in [4.78, 5) is 10.9. The highest BCUT2D eigenvalue weighted by molar-refractivity contribution is 7.87. The predicted molar refractivity (Wildman–Crippen MR) is 64.6 cm³/mol. The molecule has 114 valence electrons. The van der Waals surface area contributed by atoms with Crippen LogP contribution in [0.3, 0.4) is 0 Å². The number of hydrogen-bond donors (Lipinski definition) is 2. The van der Waals surface area contributed by atoms with Gasteiger partial charge in [-0.2, -0.15) is 17.2 Å². The van der Waals surface area contributed by atoms with Gasteiger partial charge < -0.3 is 14.2 Å². The molecule has 0 aliphatic carbocycles. The summed E-state index contributed by atoms with van der Waals surface area (Å²) in [5.74, 6) is -2.06. The third-order valence-electron chi connectivity index (χ3n) is 2.55. The van der Waals surface area contributed by atoms with E-state index in [9.17, 15) is 22.0 Å². The lowest BCUT2D eigenvalue weighted by Gasteiger charge is -2.22. The van der Waals surface area contributed by atoms with E-state index in [-0.39, 0.29) is 13.0 Å². The van der Waals surface area contributed by atoms with E-state index in [4.69, 9.17) is 13.4 Å². The van der Waals surface area contributed by atoms with Gasteiger partial charge in [-0.1, -0.05) is 0 Å². The summed E-state index contributed by atoms with van der Waals surface area (Å²) in [7, 11) is -5.20. The van der Waals surface area contributed by atoms with Gasteiger partial charge in [0.15, 0.2) is 0 Å². The number of hydrogen-bond acceptors (Lipinski definition) is 5. The quantitative estimate of drug-likeness (QED) is 0.380. The van der Waals surface area contributed by atoms with Gasteiger partial charge in [-0.3, -0.25) is 9.35 Å². The second kappa shape index (κ2) is 6.70. The molecule has 0 aromatic carbocycles. The molecule has 1 amide bonds. The van der Waals surface area contributed by atoms with Crippen LogP contribution in [0.15, 0.2) is 0 Å². The summed E-state index contributed by atoms with van der Waals surface area (Å²) >= 11 is 0. The molecule has 0 saturated heterocycles.